The molecule has 1 aromatic rings. The molecule has 1 aliphatic heterocycles. The summed E-state index contributed by atoms with van der Waals surface area (Å²) in [7, 11) is 1.84. The average molecular weight is 345 g/mol. The largest absolute Gasteiger partial charge is 0.343 e. The van der Waals surface area contributed by atoms with E-state index in [1.807, 2.05) is 24.1 Å². The van der Waals surface area contributed by atoms with Crippen molar-refractivity contribution in [3.05, 3.63) is 29.8 Å². The minimum Gasteiger partial charge on any atom is -0.343 e. The summed E-state index contributed by atoms with van der Waals surface area (Å²) in [6, 6.07) is 8.34. The number of carbonyl (C=O) groups is 2. The van der Waals surface area contributed by atoms with Crippen LogP contribution in [0.4, 0.5) is 10.5 Å². The van der Waals surface area contributed by atoms with Gasteiger partial charge in [0.05, 0.1) is 0 Å². The number of carbonyl (C=O) groups excluding carboxylic acids is 2. The van der Waals surface area contributed by atoms with Gasteiger partial charge >= 0.3 is 6.03 Å². The van der Waals surface area contributed by atoms with Crippen molar-refractivity contribution in [1.82, 2.24) is 9.80 Å². The van der Waals surface area contributed by atoms with Crippen molar-refractivity contribution >= 4 is 17.6 Å². The van der Waals surface area contributed by atoms with Crippen molar-refractivity contribution in [1.29, 1.82) is 0 Å². The first kappa shape index (κ1) is 19.3. The molecule has 0 radical (unpaired) electrons. The summed E-state index contributed by atoms with van der Waals surface area (Å²) in [6.07, 6.45) is 6.46. The highest BCUT2D eigenvalue weighted by Crippen LogP contribution is 2.18. The Morgan fingerprint density at radius 2 is 1.80 bits per heavy atom. The zero-order valence-corrected chi connectivity index (χ0v) is 15.8. The molecule has 1 saturated heterocycles. The van der Waals surface area contributed by atoms with Crippen LogP contribution in [0.2, 0.25) is 0 Å². The van der Waals surface area contributed by atoms with E-state index in [0.717, 1.165) is 24.9 Å². The molecule has 0 bridgehead atoms. The van der Waals surface area contributed by atoms with Crippen molar-refractivity contribution < 1.29 is 9.59 Å². The number of hydrogen-bond acceptors (Lipinski definition) is 2. The monoisotopic (exact) mass is 345 g/mol. The molecule has 2 rings (SSSR count). The Bertz CT molecular complexity index is 563. The van der Waals surface area contributed by atoms with Gasteiger partial charge in [0.2, 0.25) is 5.91 Å². The number of piperidine rings is 1. The Morgan fingerprint density at radius 3 is 2.36 bits per heavy atom. The number of anilines is 1. The lowest BCUT2D eigenvalue weighted by Gasteiger charge is -2.36. The first-order chi connectivity index (χ1) is 12.0. The maximum Gasteiger partial charge on any atom is 0.321 e. The lowest BCUT2D eigenvalue weighted by Crippen LogP contribution is -2.47. The Balaban J connectivity index is 1.79. The summed E-state index contributed by atoms with van der Waals surface area (Å²) in [5.41, 5.74) is 2.16. The highest BCUT2D eigenvalue weighted by molar-refractivity contribution is 5.89. The first-order valence-electron chi connectivity index (χ1n) is 9.39. The number of likely N-dealkylation sites (tertiary alicyclic amines) is 1. The average Bonchev–Trinajstić information content (AvgIpc) is 2.62. The van der Waals surface area contributed by atoms with Gasteiger partial charge in [0.25, 0.3) is 0 Å². The Hall–Kier alpha value is -2.04. The molecule has 1 aromatic carbocycles. The summed E-state index contributed by atoms with van der Waals surface area (Å²) >= 11 is 0. The molecule has 0 saturated carbocycles. The van der Waals surface area contributed by atoms with Gasteiger partial charge in [-0.05, 0) is 43.4 Å². The molecule has 1 N–H and O–H groups in total. The van der Waals surface area contributed by atoms with Crippen LogP contribution in [-0.2, 0) is 11.2 Å². The maximum absolute atomic E-state index is 12.4. The third-order valence-corrected chi connectivity index (χ3v) is 5.07. The number of hydrogen-bond donors (Lipinski definition) is 1. The highest BCUT2D eigenvalue weighted by Gasteiger charge is 2.26. The predicted octanol–water partition coefficient (Wildman–Crippen LogP) is 3.89. The number of aryl methyl sites for hydroxylation is 1. The number of rotatable bonds is 6. The second kappa shape index (κ2) is 9.44. The Labute approximate surface area is 151 Å². The minimum absolute atomic E-state index is 0.0531. The van der Waals surface area contributed by atoms with Gasteiger partial charge in [-0.1, -0.05) is 31.9 Å². The molecular formula is C20H31N3O2. The third kappa shape index (κ3) is 5.76. The zero-order valence-electron chi connectivity index (χ0n) is 15.8. The molecule has 0 spiro atoms. The number of urea groups is 1. The lowest BCUT2D eigenvalue weighted by atomic mass is 10.0. The molecule has 0 atom stereocenters. The second-order valence-electron chi connectivity index (χ2n) is 6.93. The summed E-state index contributed by atoms with van der Waals surface area (Å²) in [4.78, 5) is 27.5. The van der Waals surface area contributed by atoms with Gasteiger partial charge in [0.15, 0.2) is 0 Å². The number of nitrogens with one attached hydrogen (secondary N) is 1. The maximum atomic E-state index is 12.4. The van der Waals surface area contributed by atoms with Gasteiger partial charge in [-0.2, -0.15) is 0 Å². The van der Waals surface area contributed by atoms with Crippen LogP contribution in [0.5, 0.6) is 0 Å². The number of unbranched alkanes of at least 4 members (excludes halogenated alkanes) is 2. The molecule has 1 heterocycles. The van der Waals surface area contributed by atoms with Crippen LogP contribution < -0.4 is 5.32 Å². The Morgan fingerprint density at radius 1 is 1.16 bits per heavy atom. The van der Waals surface area contributed by atoms with Crippen molar-refractivity contribution in [2.24, 2.45) is 0 Å². The fourth-order valence-corrected chi connectivity index (χ4v) is 3.25. The summed E-state index contributed by atoms with van der Waals surface area (Å²) in [5.74, 6) is 0.0851. The second-order valence-corrected chi connectivity index (χ2v) is 6.93. The van der Waals surface area contributed by atoms with E-state index >= 15 is 0 Å². The van der Waals surface area contributed by atoms with E-state index in [1.54, 1.807) is 11.8 Å². The summed E-state index contributed by atoms with van der Waals surface area (Å²) < 4.78 is 0. The lowest BCUT2D eigenvalue weighted by molar-refractivity contribution is -0.130. The van der Waals surface area contributed by atoms with E-state index in [0.29, 0.717) is 13.1 Å². The molecule has 1 fully saturated rings. The molecule has 0 aliphatic carbocycles. The molecule has 138 valence electrons. The molecule has 5 nitrogen and oxygen atoms in total. The van der Waals surface area contributed by atoms with Gasteiger partial charge in [-0.15, -0.1) is 0 Å². The summed E-state index contributed by atoms with van der Waals surface area (Å²) in [5, 5.41) is 2.98. The summed E-state index contributed by atoms with van der Waals surface area (Å²) in [6.45, 7) is 5.16. The van der Waals surface area contributed by atoms with E-state index in [2.05, 4.69) is 24.4 Å². The van der Waals surface area contributed by atoms with Crippen LogP contribution in [0.15, 0.2) is 24.3 Å². The van der Waals surface area contributed by atoms with E-state index in [1.165, 1.54) is 24.8 Å². The molecular weight excluding hydrogens is 314 g/mol. The molecule has 5 heteroatoms. The smallest absolute Gasteiger partial charge is 0.321 e. The Kier molecular flexibility index (Phi) is 7.29. The molecule has 3 amide bonds. The van der Waals surface area contributed by atoms with Gasteiger partial charge in [-0.25, -0.2) is 4.79 Å². The van der Waals surface area contributed by atoms with Crippen LogP contribution in [0, 0.1) is 0 Å². The number of nitrogens with zero attached hydrogens (tertiary/aromatic N) is 2. The van der Waals surface area contributed by atoms with Crippen LogP contribution >= 0.6 is 0 Å². The van der Waals surface area contributed by atoms with Gasteiger partial charge < -0.3 is 15.1 Å². The normalized spacial score (nSPS) is 15.1. The molecule has 0 aromatic heterocycles. The fraction of sp³-hybridized carbons (Fsp3) is 0.600. The van der Waals surface area contributed by atoms with Gasteiger partial charge in [0.1, 0.15) is 0 Å². The molecule has 0 unspecified atom stereocenters. The van der Waals surface area contributed by atoms with Gasteiger partial charge in [-0.3, -0.25) is 4.79 Å². The predicted molar refractivity (Wildman–Crippen MR) is 102 cm³/mol. The minimum atomic E-state index is -0.0531. The van der Waals surface area contributed by atoms with E-state index in [4.69, 9.17) is 0 Å². The van der Waals surface area contributed by atoms with Crippen molar-refractivity contribution in [2.45, 2.75) is 58.4 Å². The first-order valence-corrected chi connectivity index (χ1v) is 9.39. The van der Waals surface area contributed by atoms with Crippen LogP contribution in [0.25, 0.3) is 0 Å². The van der Waals surface area contributed by atoms with Crippen molar-refractivity contribution in [3.8, 4) is 0 Å². The number of benzene rings is 1. The van der Waals surface area contributed by atoms with Crippen LogP contribution in [0.1, 0.15) is 51.5 Å². The van der Waals surface area contributed by atoms with E-state index in [-0.39, 0.29) is 18.0 Å². The third-order valence-electron chi connectivity index (χ3n) is 5.07. The SMILES string of the molecule is CCCCCc1ccc(NC(=O)N2CCC(N(C)C(C)=O)CC2)cc1. The van der Waals surface area contributed by atoms with Gasteiger partial charge in [0, 0.05) is 38.8 Å². The number of amides is 3. The van der Waals surface area contributed by atoms with E-state index < -0.39 is 0 Å². The quantitative estimate of drug-likeness (QED) is 0.795. The topological polar surface area (TPSA) is 52.7 Å². The van der Waals surface area contributed by atoms with Crippen molar-refractivity contribution in [2.75, 3.05) is 25.5 Å². The van der Waals surface area contributed by atoms with Crippen molar-refractivity contribution in [3.63, 3.8) is 0 Å². The van der Waals surface area contributed by atoms with Crippen LogP contribution in [0.3, 0.4) is 0 Å². The zero-order chi connectivity index (χ0) is 18.2. The molecule has 1 aliphatic rings. The fourth-order valence-electron chi connectivity index (χ4n) is 3.25. The standard InChI is InChI=1S/C20H31N3O2/c1-4-5-6-7-17-8-10-18(11-9-17)21-20(25)23-14-12-19(13-15-23)22(3)16(2)24/h8-11,19H,4-7,12-15H2,1-3H3,(H,21,25). The highest BCUT2D eigenvalue weighted by atomic mass is 16.2. The van der Waals surface area contributed by atoms with E-state index in [9.17, 15) is 9.59 Å². The van der Waals surface area contributed by atoms with Crippen LogP contribution in [-0.4, -0.2) is 47.9 Å². The molecule has 25 heavy (non-hydrogen) atoms.